The van der Waals surface area contributed by atoms with E-state index in [0.717, 1.165) is 48.8 Å². The summed E-state index contributed by atoms with van der Waals surface area (Å²) in [5, 5.41) is 5.42. The average Bonchev–Trinajstić information content (AvgIpc) is 2.55. The lowest BCUT2D eigenvalue weighted by atomic mass is 9.95. The van der Waals surface area contributed by atoms with Crippen LogP contribution in [0.2, 0.25) is 0 Å². The molecule has 118 valence electrons. The van der Waals surface area contributed by atoms with Crippen LogP contribution in [0.15, 0.2) is 42.5 Å². The number of halogens is 1. The first-order chi connectivity index (χ1) is 10.3. The number of hydrogen-bond acceptors (Lipinski definition) is 2. The molecular weight excluding hydrogens is 296 g/mol. The Kier molecular flexibility index (Phi) is 5.81. The number of likely N-dealkylation sites (tertiary alicyclic amines) is 1. The molecule has 0 atom stereocenters. The number of carbonyl (C=O) groups is 1. The Balaban J connectivity index is 0.00000176. The van der Waals surface area contributed by atoms with E-state index in [1.165, 1.54) is 0 Å². The second kappa shape index (κ2) is 7.61. The summed E-state index contributed by atoms with van der Waals surface area (Å²) in [6.07, 6.45) is 2.19. The van der Waals surface area contributed by atoms with Gasteiger partial charge in [-0.15, -0.1) is 12.4 Å². The van der Waals surface area contributed by atoms with Crippen LogP contribution in [0.3, 0.4) is 0 Å². The van der Waals surface area contributed by atoms with Crippen molar-refractivity contribution in [1.82, 2.24) is 10.2 Å². The molecule has 3 nitrogen and oxygen atoms in total. The highest BCUT2D eigenvalue weighted by atomic mass is 35.5. The summed E-state index contributed by atoms with van der Waals surface area (Å²) in [5.74, 6) is 0.876. The van der Waals surface area contributed by atoms with Gasteiger partial charge in [0.05, 0.1) is 0 Å². The number of piperidine rings is 1. The molecule has 0 aliphatic carbocycles. The maximum Gasteiger partial charge on any atom is 0.254 e. The van der Waals surface area contributed by atoms with Gasteiger partial charge in [-0.3, -0.25) is 4.79 Å². The molecule has 1 saturated heterocycles. The van der Waals surface area contributed by atoms with Crippen LogP contribution in [0.1, 0.15) is 23.2 Å². The second-order valence-corrected chi connectivity index (χ2v) is 5.82. The Bertz CT molecular complexity index is 631. The summed E-state index contributed by atoms with van der Waals surface area (Å²) in [6, 6.07) is 14.1. The van der Waals surface area contributed by atoms with E-state index in [-0.39, 0.29) is 18.3 Å². The van der Waals surface area contributed by atoms with Gasteiger partial charge in [-0.1, -0.05) is 36.4 Å². The molecule has 1 aliphatic rings. The number of nitrogens with zero attached hydrogens (tertiary/aromatic N) is 1. The second-order valence-electron chi connectivity index (χ2n) is 5.82. The van der Waals surface area contributed by atoms with E-state index in [4.69, 9.17) is 0 Å². The molecule has 2 aromatic rings. The largest absolute Gasteiger partial charge is 0.339 e. The minimum absolute atomic E-state index is 0. The van der Waals surface area contributed by atoms with Crippen molar-refractivity contribution in [3.8, 4) is 0 Å². The Labute approximate surface area is 138 Å². The predicted octanol–water partition coefficient (Wildman–Crippen LogP) is 3.33. The Hall–Kier alpha value is -1.58. The fourth-order valence-electron chi connectivity index (χ4n) is 3.21. The topological polar surface area (TPSA) is 32.3 Å². The predicted molar refractivity (Wildman–Crippen MR) is 93.8 cm³/mol. The Morgan fingerprint density at radius 1 is 1.14 bits per heavy atom. The van der Waals surface area contributed by atoms with Crippen LogP contribution in [0.25, 0.3) is 10.8 Å². The van der Waals surface area contributed by atoms with Crippen molar-refractivity contribution in [3.63, 3.8) is 0 Å². The molecule has 1 fully saturated rings. The first-order valence-electron chi connectivity index (χ1n) is 7.71. The molecule has 1 aliphatic heterocycles. The minimum atomic E-state index is 0. The number of nitrogens with one attached hydrogen (secondary N) is 1. The van der Waals surface area contributed by atoms with E-state index < -0.39 is 0 Å². The van der Waals surface area contributed by atoms with Crippen molar-refractivity contribution in [2.24, 2.45) is 5.92 Å². The fourth-order valence-corrected chi connectivity index (χ4v) is 3.21. The van der Waals surface area contributed by atoms with E-state index in [1.54, 1.807) is 0 Å². The van der Waals surface area contributed by atoms with Gasteiger partial charge in [0.15, 0.2) is 0 Å². The van der Waals surface area contributed by atoms with E-state index >= 15 is 0 Å². The number of fused-ring (bicyclic) bond motifs is 1. The molecule has 4 heteroatoms. The number of benzene rings is 2. The van der Waals surface area contributed by atoms with Gasteiger partial charge in [0, 0.05) is 18.7 Å². The molecular formula is C18H23ClN2O. The number of rotatable bonds is 3. The average molecular weight is 319 g/mol. The molecule has 22 heavy (non-hydrogen) atoms. The van der Waals surface area contributed by atoms with Gasteiger partial charge in [0.2, 0.25) is 0 Å². The van der Waals surface area contributed by atoms with E-state index in [9.17, 15) is 4.79 Å². The van der Waals surface area contributed by atoms with Crippen molar-refractivity contribution >= 4 is 29.1 Å². The Morgan fingerprint density at radius 2 is 1.82 bits per heavy atom. The van der Waals surface area contributed by atoms with Crippen molar-refractivity contribution in [2.45, 2.75) is 12.8 Å². The standard InChI is InChI=1S/C18H22N2O.ClH/c1-19-13-14-9-11-20(12-10-14)18(21)17-8-4-6-15-5-2-3-7-16(15)17;/h2-8,14,19H,9-13H2,1H3;1H. The van der Waals surface area contributed by atoms with Gasteiger partial charge in [-0.2, -0.15) is 0 Å². The van der Waals surface area contributed by atoms with Crippen LogP contribution in [0.4, 0.5) is 0 Å². The molecule has 0 spiro atoms. The summed E-state index contributed by atoms with van der Waals surface area (Å²) in [7, 11) is 1.99. The van der Waals surface area contributed by atoms with Gasteiger partial charge < -0.3 is 10.2 Å². The quantitative estimate of drug-likeness (QED) is 0.941. The summed E-state index contributed by atoms with van der Waals surface area (Å²) in [4.78, 5) is 14.8. The first kappa shape index (κ1) is 16.8. The number of carbonyl (C=O) groups excluding carboxylic acids is 1. The molecule has 0 saturated carbocycles. The van der Waals surface area contributed by atoms with Crippen LogP contribution in [0, 0.1) is 5.92 Å². The molecule has 1 amide bonds. The van der Waals surface area contributed by atoms with Crippen LogP contribution in [-0.2, 0) is 0 Å². The Morgan fingerprint density at radius 3 is 2.55 bits per heavy atom. The maximum absolute atomic E-state index is 12.8. The molecule has 0 unspecified atom stereocenters. The van der Waals surface area contributed by atoms with E-state index in [2.05, 4.69) is 17.4 Å². The van der Waals surface area contributed by atoms with Crippen LogP contribution >= 0.6 is 12.4 Å². The van der Waals surface area contributed by atoms with Gasteiger partial charge in [0.25, 0.3) is 5.91 Å². The van der Waals surface area contributed by atoms with Gasteiger partial charge >= 0.3 is 0 Å². The summed E-state index contributed by atoms with van der Waals surface area (Å²) < 4.78 is 0. The molecule has 2 aromatic carbocycles. The summed E-state index contributed by atoms with van der Waals surface area (Å²) in [6.45, 7) is 2.79. The summed E-state index contributed by atoms with van der Waals surface area (Å²) in [5.41, 5.74) is 0.833. The zero-order chi connectivity index (χ0) is 14.7. The third kappa shape index (κ3) is 3.42. The maximum atomic E-state index is 12.8. The fraction of sp³-hybridized carbons (Fsp3) is 0.389. The van der Waals surface area contributed by atoms with Crippen molar-refractivity contribution < 1.29 is 4.79 Å². The highest BCUT2D eigenvalue weighted by molar-refractivity contribution is 6.07. The molecule has 1 heterocycles. The third-order valence-electron chi connectivity index (χ3n) is 4.41. The molecule has 0 aromatic heterocycles. The van der Waals surface area contributed by atoms with Crippen LogP contribution in [0.5, 0.6) is 0 Å². The molecule has 1 N–H and O–H groups in total. The van der Waals surface area contributed by atoms with Gasteiger partial charge in [0.1, 0.15) is 0 Å². The highest BCUT2D eigenvalue weighted by Gasteiger charge is 2.24. The van der Waals surface area contributed by atoms with E-state index in [1.807, 2.05) is 42.3 Å². The molecule has 0 bridgehead atoms. The van der Waals surface area contributed by atoms with Crippen LogP contribution < -0.4 is 5.32 Å². The highest BCUT2D eigenvalue weighted by Crippen LogP contribution is 2.23. The first-order valence-corrected chi connectivity index (χ1v) is 7.71. The lowest BCUT2D eigenvalue weighted by molar-refractivity contribution is 0.0693. The smallest absolute Gasteiger partial charge is 0.254 e. The van der Waals surface area contributed by atoms with E-state index in [0.29, 0.717) is 5.92 Å². The minimum Gasteiger partial charge on any atom is -0.339 e. The van der Waals surface area contributed by atoms with Crippen LogP contribution in [-0.4, -0.2) is 37.5 Å². The zero-order valence-electron chi connectivity index (χ0n) is 12.9. The normalized spacial score (nSPS) is 15.6. The van der Waals surface area contributed by atoms with Crippen molar-refractivity contribution in [2.75, 3.05) is 26.7 Å². The van der Waals surface area contributed by atoms with Crippen molar-refractivity contribution in [3.05, 3.63) is 48.0 Å². The SMILES string of the molecule is CNCC1CCN(C(=O)c2cccc3ccccc23)CC1.Cl. The zero-order valence-corrected chi connectivity index (χ0v) is 13.7. The van der Waals surface area contributed by atoms with Gasteiger partial charge in [-0.25, -0.2) is 0 Å². The molecule has 0 radical (unpaired) electrons. The molecule has 3 rings (SSSR count). The third-order valence-corrected chi connectivity index (χ3v) is 4.41. The number of amides is 1. The lowest BCUT2D eigenvalue weighted by Gasteiger charge is -2.32. The van der Waals surface area contributed by atoms with Gasteiger partial charge in [-0.05, 0) is 49.2 Å². The monoisotopic (exact) mass is 318 g/mol. The lowest BCUT2D eigenvalue weighted by Crippen LogP contribution is -2.40. The summed E-state index contributed by atoms with van der Waals surface area (Å²) >= 11 is 0. The number of hydrogen-bond donors (Lipinski definition) is 1. The van der Waals surface area contributed by atoms with Crippen molar-refractivity contribution in [1.29, 1.82) is 0 Å².